The first-order valence-corrected chi connectivity index (χ1v) is 10.1. The number of amides is 1. The average molecular weight is 411 g/mol. The molecule has 0 fully saturated rings. The van der Waals surface area contributed by atoms with Gasteiger partial charge in [0.1, 0.15) is 5.69 Å². The van der Waals surface area contributed by atoms with E-state index < -0.39 is 5.97 Å². The van der Waals surface area contributed by atoms with Crippen molar-refractivity contribution >= 4 is 29.3 Å². The number of aromatic nitrogens is 4. The fourth-order valence-corrected chi connectivity index (χ4v) is 3.40. The zero-order valence-corrected chi connectivity index (χ0v) is 17.0. The number of hydrogen-bond donors (Lipinski definition) is 1. The summed E-state index contributed by atoms with van der Waals surface area (Å²) in [6.45, 7) is 2.80. The SMILES string of the molecule is CCCn1c(SCC(=O)Nc2ccc(C(=O)OC)cc2)nnc1-c1ccccn1. The molecule has 0 saturated carbocycles. The number of ether oxygens (including phenoxy) is 1. The summed E-state index contributed by atoms with van der Waals surface area (Å²) in [5.41, 5.74) is 1.78. The van der Waals surface area contributed by atoms with Crippen LogP contribution < -0.4 is 5.32 Å². The lowest BCUT2D eigenvalue weighted by atomic mass is 10.2. The summed E-state index contributed by atoms with van der Waals surface area (Å²) in [5.74, 6) is 0.278. The number of anilines is 1. The molecule has 2 aromatic heterocycles. The van der Waals surface area contributed by atoms with Gasteiger partial charge in [-0.25, -0.2) is 4.79 Å². The van der Waals surface area contributed by atoms with Crippen molar-refractivity contribution in [2.45, 2.75) is 25.0 Å². The van der Waals surface area contributed by atoms with E-state index in [1.807, 2.05) is 22.8 Å². The first-order chi connectivity index (χ1) is 14.1. The van der Waals surface area contributed by atoms with E-state index in [1.54, 1.807) is 30.5 Å². The first kappa shape index (κ1) is 20.5. The Hall–Kier alpha value is -3.20. The Morgan fingerprint density at radius 3 is 2.59 bits per heavy atom. The quantitative estimate of drug-likeness (QED) is 0.449. The molecule has 150 valence electrons. The van der Waals surface area contributed by atoms with Crippen molar-refractivity contribution in [1.82, 2.24) is 19.7 Å². The summed E-state index contributed by atoms with van der Waals surface area (Å²) in [6, 6.07) is 12.2. The second-order valence-electron chi connectivity index (χ2n) is 6.08. The number of rotatable bonds is 8. The van der Waals surface area contributed by atoms with E-state index in [9.17, 15) is 9.59 Å². The summed E-state index contributed by atoms with van der Waals surface area (Å²) < 4.78 is 6.64. The van der Waals surface area contributed by atoms with Gasteiger partial charge in [0.25, 0.3) is 0 Å². The molecule has 1 N–H and O–H groups in total. The normalized spacial score (nSPS) is 10.6. The fourth-order valence-electron chi connectivity index (χ4n) is 2.64. The topological polar surface area (TPSA) is 99.0 Å². The number of carbonyl (C=O) groups is 2. The van der Waals surface area contributed by atoms with Gasteiger partial charge in [-0.3, -0.25) is 9.78 Å². The van der Waals surface area contributed by atoms with Crippen LogP contribution in [0.4, 0.5) is 5.69 Å². The number of nitrogens with one attached hydrogen (secondary N) is 1. The highest BCUT2D eigenvalue weighted by atomic mass is 32.2. The molecule has 29 heavy (non-hydrogen) atoms. The molecule has 1 aromatic carbocycles. The maximum absolute atomic E-state index is 12.3. The monoisotopic (exact) mass is 411 g/mol. The highest BCUT2D eigenvalue weighted by Gasteiger charge is 2.16. The summed E-state index contributed by atoms with van der Waals surface area (Å²) in [6.07, 6.45) is 2.62. The molecule has 0 aliphatic heterocycles. The van der Waals surface area contributed by atoms with Crippen LogP contribution in [0.1, 0.15) is 23.7 Å². The van der Waals surface area contributed by atoms with Crippen LogP contribution in [-0.2, 0) is 16.1 Å². The zero-order valence-electron chi connectivity index (χ0n) is 16.2. The molecular weight excluding hydrogens is 390 g/mol. The Morgan fingerprint density at radius 2 is 1.93 bits per heavy atom. The van der Waals surface area contributed by atoms with E-state index in [1.165, 1.54) is 18.9 Å². The molecule has 0 aliphatic rings. The van der Waals surface area contributed by atoms with Crippen molar-refractivity contribution < 1.29 is 14.3 Å². The standard InChI is InChI=1S/C20H21N5O3S/c1-3-12-25-18(16-6-4-5-11-21-16)23-24-20(25)29-13-17(26)22-15-9-7-14(8-10-15)19(27)28-2/h4-11H,3,12-13H2,1-2H3,(H,22,26). The van der Waals surface area contributed by atoms with Crippen LogP contribution in [0.5, 0.6) is 0 Å². The Kier molecular flexibility index (Phi) is 6.96. The third-order valence-corrected chi connectivity index (χ3v) is 4.95. The van der Waals surface area contributed by atoms with E-state index in [4.69, 9.17) is 0 Å². The van der Waals surface area contributed by atoms with Crippen LogP contribution in [0.3, 0.4) is 0 Å². The molecule has 0 bridgehead atoms. The van der Waals surface area contributed by atoms with Crippen molar-refractivity contribution in [3.8, 4) is 11.5 Å². The fraction of sp³-hybridized carbons (Fsp3) is 0.250. The minimum Gasteiger partial charge on any atom is -0.465 e. The molecule has 8 nitrogen and oxygen atoms in total. The molecule has 2 heterocycles. The van der Waals surface area contributed by atoms with Gasteiger partial charge in [0.05, 0.1) is 18.4 Å². The number of thioether (sulfide) groups is 1. The van der Waals surface area contributed by atoms with Crippen molar-refractivity contribution in [3.05, 3.63) is 54.2 Å². The Labute approximate surface area is 172 Å². The van der Waals surface area contributed by atoms with Crippen molar-refractivity contribution in [1.29, 1.82) is 0 Å². The number of methoxy groups -OCH3 is 1. The maximum Gasteiger partial charge on any atom is 0.337 e. The van der Waals surface area contributed by atoms with Crippen LogP contribution in [0.2, 0.25) is 0 Å². The smallest absolute Gasteiger partial charge is 0.337 e. The number of nitrogens with zero attached hydrogens (tertiary/aromatic N) is 4. The summed E-state index contributed by atoms with van der Waals surface area (Å²) >= 11 is 1.32. The van der Waals surface area contributed by atoms with E-state index in [-0.39, 0.29) is 11.7 Å². The van der Waals surface area contributed by atoms with Gasteiger partial charge in [0.15, 0.2) is 11.0 Å². The minimum atomic E-state index is -0.419. The highest BCUT2D eigenvalue weighted by Crippen LogP contribution is 2.23. The number of hydrogen-bond acceptors (Lipinski definition) is 7. The molecule has 1 amide bonds. The van der Waals surface area contributed by atoms with Gasteiger partial charge in [-0.15, -0.1) is 10.2 Å². The summed E-state index contributed by atoms with van der Waals surface area (Å²) in [7, 11) is 1.33. The largest absolute Gasteiger partial charge is 0.465 e. The number of esters is 1. The van der Waals surface area contributed by atoms with Crippen LogP contribution in [0.25, 0.3) is 11.5 Å². The van der Waals surface area contributed by atoms with Crippen molar-refractivity contribution in [2.24, 2.45) is 0 Å². The van der Waals surface area contributed by atoms with Gasteiger partial charge < -0.3 is 14.6 Å². The van der Waals surface area contributed by atoms with Gasteiger partial charge in [-0.2, -0.15) is 0 Å². The molecule has 0 radical (unpaired) electrons. The zero-order chi connectivity index (χ0) is 20.6. The Bertz CT molecular complexity index is 974. The van der Waals surface area contributed by atoms with Crippen LogP contribution in [0, 0.1) is 0 Å². The average Bonchev–Trinajstić information content (AvgIpc) is 3.16. The van der Waals surface area contributed by atoms with Gasteiger partial charge in [0, 0.05) is 18.4 Å². The maximum atomic E-state index is 12.3. The summed E-state index contributed by atoms with van der Waals surface area (Å²) in [4.78, 5) is 28.1. The second kappa shape index (κ2) is 9.83. The molecule has 0 atom stereocenters. The van der Waals surface area contributed by atoms with Crippen LogP contribution in [0.15, 0.2) is 53.8 Å². The predicted octanol–water partition coefficient (Wildman–Crippen LogP) is 3.27. The van der Waals surface area contributed by atoms with Gasteiger partial charge in [0.2, 0.25) is 5.91 Å². The van der Waals surface area contributed by atoms with E-state index >= 15 is 0 Å². The number of carbonyl (C=O) groups excluding carboxylic acids is 2. The molecule has 9 heteroatoms. The second-order valence-corrected chi connectivity index (χ2v) is 7.02. The number of pyridine rings is 1. The molecule has 3 aromatic rings. The number of benzene rings is 1. The lowest BCUT2D eigenvalue weighted by molar-refractivity contribution is -0.113. The third kappa shape index (κ3) is 5.20. The molecule has 0 saturated heterocycles. The highest BCUT2D eigenvalue weighted by molar-refractivity contribution is 7.99. The Balaban J connectivity index is 1.64. The molecule has 0 spiro atoms. The first-order valence-electron chi connectivity index (χ1n) is 9.08. The van der Waals surface area contributed by atoms with Crippen LogP contribution in [-0.4, -0.2) is 44.5 Å². The third-order valence-electron chi connectivity index (χ3n) is 3.98. The molecule has 3 rings (SSSR count). The van der Waals surface area contributed by atoms with E-state index in [0.717, 1.165) is 18.7 Å². The van der Waals surface area contributed by atoms with Gasteiger partial charge in [-0.1, -0.05) is 24.8 Å². The molecule has 0 aliphatic carbocycles. The predicted molar refractivity (Wildman–Crippen MR) is 111 cm³/mol. The Morgan fingerprint density at radius 1 is 1.14 bits per heavy atom. The lowest BCUT2D eigenvalue weighted by Gasteiger charge is -2.09. The molecule has 0 unspecified atom stereocenters. The van der Waals surface area contributed by atoms with Crippen molar-refractivity contribution in [3.63, 3.8) is 0 Å². The summed E-state index contributed by atoms with van der Waals surface area (Å²) in [5, 5.41) is 12.0. The van der Waals surface area contributed by atoms with Crippen molar-refractivity contribution in [2.75, 3.05) is 18.2 Å². The van der Waals surface area contributed by atoms with E-state index in [2.05, 4.69) is 32.2 Å². The lowest BCUT2D eigenvalue weighted by Crippen LogP contribution is -2.15. The van der Waals surface area contributed by atoms with Crippen LogP contribution >= 0.6 is 11.8 Å². The van der Waals surface area contributed by atoms with Gasteiger partial charge in [-0.05, 0) is 42.8 Å². The van der Waals surface area contributed by atoms with E-state index in [0.29, 0.717) is 22.2 Å². The molecular formula is C20H21N5O3S. The minimum absolute atomic E-state index is 0.175. The van der Waals surface area contributed by atoms with Gasteiger partial charge >= 0.3 is 5.97 Å².